The van der Waals surface area contributed by atoms with Crippen molar-refractivity contribution in [3.63, 3.8) is 0 Å². The predicted octanol–water partition coefficient (Wildman–Crippen LogP) is 2.61. The van der Waals surface area contributed by atoms with Gasteiger partial charge in [-0.15, -0.1) is 12.4 Å². The van der Waals surface area contributed by atoms with E-state index in [0.29, 0.717) is 17.4 Å². The van der Waals surface area contributed by atoms with Crippen LogP contribution in [0.2, 0.25) is 0 Å². The van der Waals surface area contributed by atoms with Gasteiger partial charge in [-0.1, -0.05) is 31.0 Å². The molecule has 0 bridgehead atoms. The Hall–Kier alpha value is -1.59. The van der Waals surface area contributed by atoms with Crippen LogP contribution in [0.3, 0.4) is 0 Å². The van der Waals surface area contributed by atoms with Gasteiger partial charge in [0.2, 0.25) is 5.91 Å². The molecule has 1 aromatic carbocycles. The lowest BCUT2D eigenvalue weighted by Crippen LogP contribution is -2.54. The van der Waals surface area contributed by atoms with E-state index in [1.54, 1.807) is 0 Å². The van der Waals surface area contributed by atoms with Crippen molar-refractivity contribution in [2.75, 3.05) is 26.2 Å². The number of benzene rings is 1. The van der Waals surface area contributed by atoms with Crippen molar-refractivity contribution in [3.8, 4) is 0 Å². The van der Waals surface area contributed by atoms with E-state index in [4.69, 9.17) is 0 Å². The molecule has 0 unspecified atom stereocenters. The Morgan fingerprint density at radius 2 is 1.81 bits per heavy atom. The Morgan fingerprint density at radius 1 is 1.07 bits per heavy atom. The molecule has 2 aliphatic heterocycles. The van der Waals surface area contributed by atoms with Crippen molar-refractivity contribution < 1.29 is 9.59 Å². The topological polar surface area (TPSA) is 61.4 Å². The van der Waals surface area contributed by atoms with Crippen molar-refractivity contribution >= 4 is 24.2 Å². The van der Waals surface area contributed by atoms with Crippen LogP contribution in [0.25, 0.3) is 0 Å². The van der Waals surface area contributed by atoms with Gasteiger partial charge in [0.15, 0.2) is 0 Å². The highest BCUT2D eigenvalue weighted by Crippen LogP contribution is 2.45. The number of likely N-dealkylation sites (tertiary alicyclic amines) is 1. The van der Waals surface area contributed by atoms with Crippen molar-refractivity contribution in [2.24, 2.45) is 11.3 Å². The van der Waals surface area contributed by atoms with Gasteiger partial charge in [-0.05, 0) is 50.3 Å². The highest BCUT2D eigenvalue weighted by atomic mass is 35.5. The Bertz CT molecular complexity index is 661. The van der Waals surface area contributed by atoms with Crippen molar-refractivity contribution in [2.45, 2.75) is 44.6 Å². The monoisotopic (exact) mass is 391 g/mol. The summed E-state index contributed by atoms with van der Waals surface area (Å²) in [5, 5.41) is 6.60. The molecule has 0 spiro atoms. The second-order valence-electron chi connectivity index (χ2n) is 8.14. The molecule has 148 valence electrons. The average Bonchev–Trinajstić information content (AvgIpc) is 3.14. The standard InChI is InChI=1S/C21H29N3O2.ClH/c25-19(16-6-2-1-3-7-16)23-18-9-12-24(13-10-18)20(26)21-11-5-4-8-17(21)14-22-15-21;/h1-3,6-7,17-18,22H,4-5,8-15H2,(H,23,25);1H/t17-,21+;/m0./s1. The Balaban J connectivity index is 0.00000210. The van der Waals surface area contributed by atoms with Crippen LogP contribution < -0.4 is 10.6 Å². The molecule has 0 radical (unpaired) electrons. The maximum Gasteiger partial charge on any atom is 0.251 e. The molecule has 5 nitrogen and oxygen atoms in total. The first-order valence-electron chi connectivity index (χ1n) is 10.0. The zero-order valence-electron chi connectivity index (χ0n) is 15.8. The van der Waals surface area contributed by atoms with Gasteiger partial charge < -0.3 is 15.5 Å². The molecule has 3 aliphatic rings. The van der Waals surface area contributed by atoms with Crippen LogP contribution in [0.4, 0.5) is 0 Å². The summed E-state index contributed by atoms with van der Waals surface area (Å²) in [6, 6.07) is 9.51. The lowest BCUT2D eigenvalue weighted by atomic mass is 9.67. The normalized spacial score (nSPS) is 28.1. The molecular formula is C21H30ClN3O2. The minimum Gasteiger partial charge on any atom is -0.349 e. The predicted molar refractivity (Wildman–Crippen MR) is 108 cm³/mol. The fraction of sp³-hybridized carbons (Fsp3) is 0.619. The summed E-state index contributed by atoms with van der Waals surface area (Å²) in [5.41, 5.74) is 0.547. The van der Waals surface area contributed by atoms with E-state index in [1.807, 2.05) is 30.3 Å². The van der Waals surface area contributed by atoms with Gasteiger partial charge in [0, 0.05) is 31.2 Å². The number of piperidine rings is 1. The molecule has 1 aliphatic carbocycles. The summed E-state index contributed by atoms with van der Waals surface area (Å²) < 4.78 is 0. The molecule has 1 saturated carbocycles. The van der Waals surface area contributed by atoms with Gasteiger partial charge in [0.05, 0.1) is 5.41 Å². The minimum atomic E-state index is -0.154. The van der Waals surface area contributed by atoms with Crippen LogP contribution in [0, 0.1) is 11.3 Å². The molecule has 2 atom stereocenters. The van der Waals surface area contributed by atoms with Crippen LogP contribution in [-0.4, -0.2) is 48.9 Å². The number of carbonyl (C=O) groups is 2. The summed E-state index contributed by atoms with van der Waals surface area (Å²) in [6.45, 7) is 3.36. The first-order chi connectivity index (χ1) is 12.7. The van der Waals surface area contributed by atoms with Crippen LogP contribution in [0.15, 0.2) is 30.3 Å². The first-order valence-corrected chi connectivity index (χ1v) is 10.0. The van der Waals surface area contributed by atoms with E-state index < -0.39 is 0 Å². The molecule has 27 heavy (non-hydrogen) atoms. The number of amides is 2. The number of hydrogen-bond donors (Lipinski definition) is 2. The van der Waals surface area contributed by atoms with Crippen molar-refractivity contribution in [3.05, 3.63) is 35.9 Å². The Morgan fingerprint density at radius 3 is 2.56 bits per heavy atom. The number of rotatable bonds is 3. The van der Waals surface area contributed by atoms with Crippen molar-refractivity contribution in [1.82, 2.24) is 15.5 Å². The summed E-state index contributed by atoms with van der Waals surface area (Å²) in [7, 11) is 0. The molecular weight excluding hydrogens is 362 g/mol. The number of carbonyl (C=O) groups excluding carboxylic acids is 2. The first kappa shape index (κ1) is 20.2. The molecule has 0 aromatic heterocycles. The van der Waals surface area contributed by atoms with Gasteiger partial charge in [-0.2, -0.15) is 0 Å². The van der Waals surface area contributed by atoms with Crippen LogP contribution in [0.1, 0.15) is 48.9 Å². The zero-order chi connectivity index (χ0) is 18.0. The Kier molecular flexibility index (Phi) is 6.43. The van der Waals surface area contributed by atoms with Gasteiger partial charge in [-0.25, -0.2) is 0 Å². The molecule has 2 heterocycles. The number of nitrogens with one attached hydrogen (secondary N) is 2. The summed E-state index contributed by atoms with van der Waals surface area (Å²) in [5.74, 6) is 0.862. The van der Waals surface area contributed by atoms with Gasteiger partial charge in [-0.3, -0.25) is 9.59 Å². The van der Waals surface area contributed by atoms with E-state index in [1.165, 1.54) is 19.3 Å². The second kappa shape index (κ2) is 8.61. The molecule has 3 fully saturated rings. The lowest BCUT2D eigenvalue weighted by Gasteiger charge is -2.43. The third kappa shape index (κ3) is 3.99. The quantitative estimate of drug-likeness (QED) is 0.832. The summed E-state index contributed by atoms with van der Waals surface area (Å²) in [4.78, 5) is 27.7. The van der Waals surface area contributed by atoms with E-state index in [2.05, 4.69) is 15.5 Å². The van der Waals surface area contributed by atoms with E-state index in [0.717, 1.165) is 45.4 Å². The van der Waals surface area contributed by atoms with E-state index >= 15 is 0 Å². The van der Waals surface area contributed by atoms with Gasteiger partial charge in [0.25, 0.3) is 5.91 Å². The average molecular weight is 392 g/mol. The maximum atomic E-state index is 13.3. The molecule has 1 aromatic rings. The fourth-order valence-corrected chi connectivity index (χ4v) is 5.07. The molecule has 2 saturated heterocycles. The maximum absolute atomic E-state index is 13.3. The largest absolute Gasteiger partial charge is 0.349 e. The number of fused-ring (bicyclic) bond motifs is 1. The van der Waals surface area contributed by atoms with E-state index in [9.17, 15) is 9.59 Å². The third-order valence-corrected chi connectivity index (χ3v) is 6.62. The molecule has 2 amide bonds. The van der Waals surface area contributed by atoms with Crippen LogP contribution >= 0.6 is 12.4 Å². The Labute approximate surface area is 167 Å². The summed E-state index contributed by atoms with van der Waals surface area (Å²) in [6.07, 6.45) is 6.34. The third-order valence-electron chi connectivity index (χ3n) is 6.62. The SMILES string of the molecule is Cl.O=C(NC1CCN(C(=O)[C@@]23CCCC[C@H]2CNC3)CC1)c1ccccc1. The van der Waals surface area contributed by atoms with Crippen molar-refractivity contribution in [1.29, 1.82) is 0 Å². The summed E-state index contributed by atoms with van der Waals surface area (Å²) >= 11 is 0. The minimum absolute atomic E-state index is 0. The number of nitrogens with zero attached hydrogens (tertiary/aromatic N) is 1. The van der Waals surface area contributed by atoms with Crippen LogP contribution in [0.5, 0.6) is 0 Å². The zero-order valence-corrected chi connectivity index (χ0v) is 16.6. The molecule has 4 rings (SSSR count). The number of hydrogen-bond acceptors (Lipinski definition) is 3. The smallest absolute Gasteiger partial charge is 0.251 e. The molecule has 2 N–H and O–H groups in total. The number of halogens is 1. The lowest BCUT2D eigenvalue weighted by molar-refractivity contribution is -0.146. The highest BCUT2D eigenvalue weighted by molar-refractivity contribution is 5.94. The van der Waals surface area contributed by atoms with Gasteiger partial charge >= 0.3 is 0 Å². The highest BCUT2D eigenvalue weighted by Gasteiger charge is 2.51. The van der Waals surface area contributed by atoms with Gasteiger partial charge in [0.1, 0.15) is 0 Å². The van der Waals surface area contributed by atoms with Crippen LogP contribution in [-0.2, 0) is 4.79 Å². The second-order valence-corrected chi connectivity index (χ2v) is 8.14. The van der Waals surface area contributed by atoms with E-state index in [-0.39, 0.29) is 29.8 Å². The molecule has 6 heteroatoms. The fourth-order valence-electron chi connectivity index (χ4n) is 5.07.